The van der Waals surface area contributed by atoms with Gasteiger partial charge in [-0.15, -0.1) is 11.8 Å². The molecule has 0 aliphatic rings. The maximum atomic E-state index is 12.8. The second-order valence-electron chi connectivity index (χ2n) is 7.18. The Morgan fingerprint density at radius 3 is 2.63 bits per heavy atom. The van der Waals surface area contributed by atoms with E-state index in [0.717, 1.165) is 21.9 Å². The van der Waals surface area contributed by atoms with E-state index < -0.39 is 0 Å². The summed E-state index contributed by atoms with van der Waals surface area (Å²) in [5.74, 6) is 2.09. The Labute approximate surface area is 217 Å². The van der Waals surface area contributed by atoms with Crippen molar-refractivity contribution in [2.24, 2.45) is 0 Å². The van der Waals surface area contributed by atoms with Gasteiger partial charge in [0.25, 0.3) is 5.56 Å². The van der Waals surface area contributed by atoms with Gasteiger partial charge in [0.2, 0.25) is 11.7 Å². The quantitative estimate of drug-likeness (QED) is 0.145. The molecule has 0 aliphatic heterocycles. The van der Waals surface area contributed by atoms with Crippen molar-refractivity contribution >= 4 is 57.4 Å². The van der Waals surface area contributed by atoms with Crippen molar-refractivity contribution in [2.45, 2.75) is 22.7 Å². The standard InChI is InChI=1S/C23H19N5O3S4/c1-3-30-15-8-6-14(7-9-15)28-20-18(35-23(28)32)21(29)26-22(25-20)34-12-17-24-19(27-31-17)13-4-10-16(33-2)11-5-13/h4-11H,3,12H2,1-2H3,(H,25,26,29). The Morgan fingerprint density at radius 2 is 1.91 bits per heavy atom. The van der Waals surface area contributed by atoms with Crippen molar-refractivity contribution in [3.63, 3.8) is 0 Å². The number of nitrogens with one attached hydrogen (secondary N) is 1. The van der Waals surface area contributed by atoms with Gasteiger partial charge in [-0.1, -0.05) is 28.3 Å². The number of rotatable bonds is 8. The molecule has 35 heavy (non-hydrogen) atoms. The van der Waals surface area contributed by atoms with E-state index >= 15 is 0 Å². The molecule has 3 aromatic heterocycles. The lowest BCUT2D eigenvalue weighted by Crippen LogP contribution is -2.09. The van der Waals surface area contributed by atoms with Gasteiger partial charge in [-0.25, -0.2) is 4.98 Å². The first-order valence-electron chi connectivity index (χ1n) is 10.5. The number of benzene rings is 2. The molecule has 0 amide bonds. The smallest absolute Gasteiger partial charge is 0.271 e. The third-order valence-corrected chi connectivity index (χ3v) is 7.94. The highest BCUT2D eigenvalue weighted by molar-refractivity contribution is 7.98. The number of aromatic amines is 1. The van der Waals surface area contributed by atoms with Crippen LogP contribution in [-0.2, 0) is 5.75 Å². The van der Waals surface area contributed by atoms with Crippen LogP contribution in [-0.4, -0.2) is 37.5 Å². The van der Waals surface area contributed by atoms with E-state index in [1.165, 1.54) is 23.1 Å². The first-order chi connectivity index (χ1) is 17.1. The first-order valence-corrected chi connectivity index (χ1v) is 14.0. The van der Waals surface area contributed by atoms with E-state index in [-0.39, 0.29) is 5.56 Å². The normalized spacial score (nSPS) is 11.3. The largest absolute Gasteiger partial charge is 0.494 e. The van der Waals surface area contributed by atoms with Crippen LogP contribution in [0.25, 0.3) is 27.4 Å². The number of fused-ring (bicyclic) bond motifs is 1. The van der Waals surface area contributed by atoms with Crippen LogP contribution < -0.4 is 10.3 Å². The molecular formula is C23H19N5O3S4. The van der Waals surface area contributed by atoms with Gasteiger partial charge < -0.3 is 14.2 Å². The van der Waals surface area contributed by atoms with Gasteiger partial charge in [0.1, 0.15) is 10.4 Å². The zero-order chi connectivity index (χ0) is 24.4. The number of hydrogen-bond acceptors (Lipinski definition) is 10. The lowest BCUT2D eigenvalue weighted by Gasteiger charge is -2.07. The predicted octanol–water partition coefficient (Wildman–Crippen LogP) is 5.97. The van der Waals surface area contributed by atoms with E-state index in [4.69, 9.17) is 21.5 Å². The summed E-state index contributed by atoms with van der Waals surface area (Å²) in [7, 11) is 0. The fourth-order valence-electron chi connectivity index (χ4n) is 3.35. The minimum absolute atomic E-state index is 0.238. The van der Waals surface area contributed by atoms with Crippen LogP contribution in [0.4, 0.5) is 0 Å². The van der Waals surface area contributed by atoms with E-state index in [0.29, 0.717) is 43.5 Å². The zero-order valence-electron chi connectivity index (χ0n) is 18.7. The zero-order valence-corrected chi connectivity index (χ0v) is 21.9. The molecule has 5 rings (SSSR count). The minimum atomic E-state index is -0.238. The summed E-state index contributed by atoms with van der Waals surface area (Å²) in [5.41, 5.74) is 1.96. The van der Waals surface area contributed by atoms with Gasteiger partial charge in [-0.05, 0) is 73.9 Å². The molecule has 0 unspecified atom stereocenters. The van der Waals surface area contributed by atoms with Gasteiger partial charge in [0, 0.05) is 16.1 Å². The maximum absolute atomic E-state index is 12.8. The summed E-state index contributed by atoms with van der Waals surface area (Å²) in [5, 5.41) is 4.52. The van der Waals surface area contributed by atoms with Gasteiger partial charge in [-0.2, -0.15) is 4.98 Å². The molecule has 5 aromatic rings. The Morgan fingerprint density at radius 1 is 1.14 bits per heavy atom. The topological polar surface area (TPSA) is 98.8 Å². The van der Waals surface area contributed by atoms with Crippen LogP contribution >= 0.6 is 47.1 Å². The highest BCUT2D eigenvalue weighted by Crippen LogP contribution is 2.27. The van der Waals surface area contributed by atoms with Crippen LogP contribution in [0.3, 0.4) is 0 Å². The van der Waals surface area contributed by atoms with Gasteiger partial charge >= 0.3 is 0 Å². The molecule has 2 aromatic carbocycles. The third-order valence-electron chi connectivity index (χ3n) is 4.98. The fourth-order valence-corrected chi connectivity index (χ4v) is 5.72. The first kappa shape index (κ1) is 23.8. The Balaban J connectivity index is 1.39. The summed E-state index contributed by atoms with van der Waals surface area (Å²) in [6, 6.07) is 15.5. The number of H-pyrrole nitrogens is 1. The fraction of sp³-hybridized carbons (Fsp3) is 0.174. The number of aromatic nitrogens is 5. The van der Waals surface area contributed by atoms with E-state index in [1.54, 1.807) is 16.3 Å². The van der Waals surface area contributed by atoms with Crippen molar-refractivity contribution in [2.75, 3.05) is 12.9 Å². The molecule has 0 atom stereocenters. The number of nitrogens with zero attached hydrogens (tertiary/aromatic N) is 4. The molecule has 178 valence electrons. The van der Waals surface area contributed by atoms with Gasteiger partial charge in [0.05, 0.1) is 12.4 Å². The number of thiazole rings is 1. The molecule has 0 saturated carbocycles. The van der Waals surface area contributed by atoms with E-state index in [1.807, 2.05) is 61.7 Å². The highest BCUT2D eigenvalue weighted by Gasteiger charge is 2.15. The van der Waals surface area contributed by atoms with Crippen LogP contribution in [0, 0.1) is 3.95 Å². The molecule has 8 nitrogen and oxygen atoms in total. The Bertz CT molecular complexity index is 1590. The number of hydrogen-bond donors (Lipinski definition) is 1. The molecule has 0 aliphatic carbocycles. The maximum Gasteiger partial charge on any atom is 0.271 e. The van der Waals surface area contributed by atoms with Crippen LogP contribution in [0.5, 0.6) is 5.75 Å². The molecule has 0 saturated heterocycles. The average molecular weight is 542 g/mol. The molecule has 0 spiro atoms. The molecule has 12 heteroatoms. The van der Waals surface area contributed by atoms with Crippen molar-refractivity contribution in [3.05, 3.63) is 68.7 Å². The lowest BCUT2D eigenvalue weighted by atomic mass is 10.2. The van der Waals surface area contributed by atoms with Crippen LogP contribution in [0.2, 0.25) is 0 Å². The summed E-state index contributed by atoms with van der Waals surface area (Å²) < 4.78 is 13.7. The molecule has 3 heterocycles. The molecule has 0 bridgehead atoms. The van der Waals surface area contributed by atoms with Crippen molar-refractivity contribution in [1.82, 2.24) is 24.7 Å². The minimum Gasteiger partial charge on any atom is -0.494 e. The van der Waals surface area contributed by atoms with Gasteiger partial charge in [-0.3, -0.25) is 9.36 Å². The summed E-state index contributed by atoms with van der Waals surface area (Å²) in [4.78, 5) is 25.9. The van der Waals surface area contributed by atoms with Crippen LogP contribution in [0.15, 0.2) is 67.9 Å². The second-order valence-corrected chi connectivity index (χ2v) is 10.7. The molecular weight excluding hydrogens is 523 g/mol. The summed E-state index contributed by atoms with van der Waals surface area (Å²) in [6.45, 7) is 2.52. The van der Waals surface area contributed by atoms with Crippen molar-refractivity contribution in [1.29, 1.82) is 0 Å². The van der Waals surface area contributed by atoms with Gasteiger partial charge in [0.15, 0.2) is 14.8 Å². The van der Waals surface area contributed by atoms with E-state index in [2.05, 4.69) is 20.1 Å². The molecule has 0 radical (unpaired) electrons. The lowest BCUT2D eigenvalue weighted by molar-refractivity contribution is 0.340. The Kier molecular flexibility index (Phi) is 7.04. The third kappa shape index (κ3) is 5.06. The monoisotopic (exact) mass is 541 g/mol. The summed E-state index contributed by atoms with van der Waals surface area (Å²) >= 11 is 9.76. The van der Waals surface area contributed by atoms with Crippen molar-refractivity contribution < 1.29 is 9.26 Å². The average Bonchev–Trinajstić information content (AvgIpc) is 3.48. The SMILES string of the molecule is CCOc1ccc(-n2c(=S)sc3c(=O)[nH]c(SCc4nc(-c5ccc(SC)cc5)no4)nc32)cc1. The number of thioether (sulfide) groups is 2. The molecule has 1 N–H and O–H groups in total. The predicted molar refractivity (Wildman–Crippen MR) is 143 cm³/mol. The number of ether oxygens (including phenoxy) is 1. The Hall–Kier alpha value is -2.93. The van der Waals surface area contributed by atoms with Crippen molar-refractivity contribution in [3.8, 4) is 22.8 Å². The summed E-state index contributed by atoms with van der Waals surface area (Å²) in [6.07, 6.45) is 2.03. The van der Waals surface area contributed by atoms with Crippen LogP contribution in [0.1, 0.15) is 12.8 Å². The highest BCUT2D eigenvalue weighted by atomic mass is 32.2. The second kappa shape index (κ2) is 10.4. The van der Waals surface area contributed by atoms with E-state index in [9.17, 15) is 4.79 Å². The molecule has 0 fully saturated rings.